The minimum absolute atomic E-state index is 0.667. The number of benzene rings is 1. The van der Waals surface area contributed by atoms with Crippen molar-refractivity contribution in [3.05, 3.63) is 70.7 Å². The fourth-order valence-corrected chi connectivity index (χ4v) is 2.48. The van der Waals surface area contributed by atoms with Gasteiger partial charge in [0.2, 0.25) is 0 Å². The third kappa shape index (κ3) is 3.01. The lowest BCUT2D eigenvalue weighted by Gasteiger charge is -2.08. The molecule has 0 saturated heterocycles. The van der Waals surface area contributed by atoms with Gasteiger partial charge in [-0.15, -0.1) is 0 Å². The van der Waals surface area contributed by atoms with Crippen LogP contribution in [0.15, 0.2) is 59.6 Å². The van der Waals surface area contributed by atoms with Crippen LogP contribution >= 0.6 is 15.9 Å². The summed E-state index contributed by atoms with van der Waals surface area (Å²) < 4.78 is 2.98. The maximum absolute atomic E-state index is 8.83. The van der Waals surface area contributed by atoms with E-state index < -0.39 is 0 Å². The van der Waals surface area contributed by atoms with Crippen molar-refractivity contribution >= 4 is 15.9 Å². The molecule has 0 saturated carbocycles. The second kappa shape index (κ2) is 5.90. The van der Waals surface area contributed by atoms with Gasteiger partial charge in [-0.25, -0.2) is 4.98 Å². The van der Waals surface area contributed by atoms with Crippen LogP contribution in [0.3, 0.4) is 0 Å². The Morgan fingerprint density at radius 3 is 2.71 bits per heavy atom. The monoisotopic (exact) mass is 338 g/mol. The zero-order valence-electron chi connectivity index (χ0n) is 11.1. The van der Waals surface area contributed by atoms with E-state index >= 15 is 0 Å². The first-order valence-electron chi connectivity index (χ1n) is 6.37. The van der Waals surface area contributed by atoms with Gasteiger partial charge < -0.3 is 4.57 Å². The lowest BCUT2D eigenvalue weighted by Crippen LogP contribution is -2.01. The highest BCUT2D eigenvalue weighted by Crippen LogP contribution is 2.21. The van der Waals surface area contributed by atoms with Gasteiger partial charge in [0, 0.05) is 41.4 Å². The molecule has 0 radical (unpaired) electrons. The number of rotatable bonds is 3. The van der Waals surface area contributed by atoms with Gasteiger partial charge in [0.15, 0.2) is 0 Å². The Balaban J connectivity index is 1.90. The number of halogens is 1. The highest BCUT2D eigenvalue weighted by Gasteiger charge is 2.07. The fraction of sp³-hybridized carbons (Fsp3) is 0.0625. The standard InChI is InChI=1S/C16H11BrN4/c17-15-7-14(9-19-10-15)16-20-5-6-21(16)11-13-3-1-12(8-18)2-4-13/h1-7,9-10H,11H2. The first-order chi connectivity index (χ1) is 10.3. The molecule has 1 aromatic carbocycles. The van der Waals surface area contributed by atoms with Crippen LogP contribution in [0.2, 0.25) is 0 Å². The number of pyridine rings is 1. The Labute approximate surface area is 130 Å². The smallest absolute Gasteiger partial charge is 0.141 e. The van der Waals surface area contributed by atoms with E-state index in [2.05, 4.69) is 36.5 Å². The van der Waals surface area contributed by atoms with Crippen LogP contribution in [-0.2, 0) is 6.54 Å². The van der Waals surface area contributed by atoms with Crippen molar-refractivity contribution in [2.24, 2.45) is 0 Å². The predicted molar refractivity (Wildman–Crippen MR) is 83.4 cm³/mol. The predicted octanol–water partition coefficient (Wildman–Crippen LogP) is 3.63. The molecule has 0 aliphatic rings. The van der Waals surface area contributed by atoms with Crippen LogP contribution in [0, 0.1) is 11.3 Å². The lowest BCUT2D eigenvalue weighted by molar-refractivity contribution is 0.806. The van der Waals surface area contributed by atoms with E-state index in [0.717, 1.165) is 21.4 Å². The number of hydrogen-bond donors (Lipinski definition) is 0. The van der Waals surface area contributed by atoms with E-state index in [1.165, 1.54) is 0 Å². The van der Waals surface area contributed by atoms with Gasteiger partial charge >= 0.3 is 0 Å². The topological polar surface area (TPSA) is 54.5 Å². The van der Waals surface area contributed by atoms with Gasteiger partial charge in [0.1, 0.15) is 5.82 Å². The van der Waals surface area contributed by atoms with E-state index in [1.54, 1.807) is 18.6 Å². The van der Waals surface area contributed by atoms with Crippen LogP contribution in [0.5, 0.6) is 0 Å². The molecule has 4 nitrogen and oxygen atoms in total. The summed E-state index contributed by atoms with van der Waals surface area (Å²) in [5.74, 6) is 0.869. The first-order valence-corrected chi connectivity index (χ1v) is 7.16. The van der Waals surface area contributed by atoms with Gasteiger partial charge in [-0.1, -0.05) is 12.1 Å². The van der Waals surface area contributed by atoms with Crippen molar-refractivity contribution < 1.29 is 0 Å². The fourth-order valence-electron chi connectivity index (χ4n) is 2.11. The highest BCUT2D eigenvalue weighted by molar-refractivity contribution is 9.10. The molecule has 0 fully saturated rings. The summed E-state index contributed by atoms with van der Waals surface area (Å²) in [6.07, 6.45) is 7.26. The maximum atomic E-state index is 8.83. The molecule has 102 valence electrons. The van der Waals surface area contributed by atoms with E-state index in [-0.39, 0.29) is 0 Å². The van der Waals surface area contributed by atoms with E-state index in [0.29, 0.717) is 12.1 Å². The average molecular weight is 339 g/mol. The molecular formula is C16H11BrN4. The second-order valence-electron chi connectivity index (χ2n) is 4.58. The van der Waals surface area contributed by atoms with Crippen molar-refractivity contribution in [1.29, 1.82) is 5.26 Å². The summed E-state index contributed by atoms with van der Waals surface area (Å²) in [6.45, 7) is 0.702. The molecule has 0 aliphatic heterocycles. The van der Waals surface area contributed by atoms with Crippen molar-refractivity contribution in [2.75, 3.05) is 0 Å². The maximum Gasteiger partial charge on any atom is 0.141 e. The van der Waals surface area contributed by atoms with Gasteiger partial charge in [-0.2, -0.15) is 5.26 Å². The molecule has 0 spiro atoms. The summed E-state index contributed by atoms with van der Waals surface area (Å²) in [6, 6.07) is 11.7. The molecule has 3 aromatic rings. The minimum atomic E-state index is 0.667. The van der Waals surface area contributed by atoms with Crippen LogP contribution in [0.25, 0.3) is 11.4 Å². The molecule has 0 atom stereocenters. The van der Waals surface area contributed by atoms with Gasteiger partial charge in [-0.3, -0.25) is 4.98 Å². The molecule has 0 aliphatic carbocycles. The van der Waals surface area contributed by atoms with Gasteiger partial charge in [0.05, 0.1) is 11.6 Å². The third-order valence-corrected chi connectivity index (χ3v) is 3.55. The summed E-state index contributed by atoms with van der Waals surface area (Å²) in [7, 11) is 0. The zero-order chi connectivity index (χ0) is 14.7. The molecule has 3 rings (SSSR count). The number of nitriles is 1. The Morgan fingerprint density at radius 2 is 2.00 bits per heavy atom. The van der Waals surface area contributed by atoms with Crippen LogP contribution in [-0.4, -0.2) is 14.5 Å². The molecule has 2 aromatic heterocycles. The average Bonchev–Trinajstić information content (AvgIpc) is 2.96. The Morgan fingerprint density at radius 1 is 1.19 bits per heavy atom. The molecule has 0 unspecified atom stereocenters. The van der Waals surface area contributed by atoms with E-state index in [4.69, 9.17) is 5.26 Å². The third-order valence-electron chi connectivity index (χ3n) is 3.11. The summed E-state index contributed by atoms with van der Waals surface area (Å²) in [5.41, 5.74) is 2.75. The quantitative estimate of drug-likeness (QED) is 0.732. The van der Waals surface area contributed by atoms with Gasteiger partial charge in [-0.05, 0) is 39.7 Å². The first kappa shape index (κ1) is 13.5. The van der Waals surface area contributed by atoms with Crippen molar-refractivity contribution in [1.82, 2.24) is 14.5 Å². The molecular weight excluding hydrogens is 328 g/mol. The van der Waals surface area contributed by atoms with Crippen LogP contribution < -0.4 is 0 Å². The molecule has 2 heterocycles. The minimum Gasteiger partial charge on any atom is -0.327 e. The van der Waals surface area contributed by atoms with Crippen molar-refractivity contribution in [2.45, 2.75) is 6.54 Å². The molecule has 5 heteroatoms. The normalized spacial score (nSPS) is 10.3. The zero-order valence-corrected chi connectivity index (χ0v) is 12.7. The SMILES string of the molecule is N#Cc1ccc(Cn2ccnc2-c2cncc(Br)c2)cc1. The van der Waals surface area contributed by atoms with Crippen LogP contribution in [0.1, 0.15) is 11.1 Å². The van der Waals surface area contributed by atoms with Gasteiger partial charge in [0.25, 0.3) is 0 Å². The van der Waals surface area contributed by atoms with Crippen molar-refractivity contribution in [3.8, 4) is 17.5 Å². The van der Waals surface area contributed by atoms with E-state index in [9.17, 15) is 0 Å². The largest absolute Gasteiger partial charge is 0.327 e. The number of hydrogen-bond acceptors (Lipinski definition) is 3. The molecule has 0 N–H and O–H groups in total. The molecule has 0 bridgehead atoms. The van der Waals surface area contributed by atoms with E-state index in [1.807, 2.05) is 36.5 Å². The Bertz CT molecular complexity index is 800. The van der Waals surface area contributed by atoms with Crippen molar-refractivity contribution in [3.63, 3.8) is 0 Å². The second-order valence-corrected chi connectivity index (χ2v) is 5.49. The summed E-state index contributed by atoms with van der Waals surface area (Å²) in [4.78, 5) is 8.58. The number of imidazole rings is 1. The Kier molecular flexibility index (Phi) is 3.80. The summed E-state index contributed by atoms with van der Waals surface area (Å²) in [5, 5.41) is 8.83. The lowest BCUT2D eigenvalue weighted by atomic mass is 10.1. The molecule has 0 amide bonds. The van der Waals surface area contributed by atoms with Crippen LogP contribution in [0.4, 0.5) is 0 Å². The molecule has 21 heavy (non-hydrogen) atoms. The highest BCUT2D eigenvalue weighted by atomic mass is 79.9. The Hall–Kier alpha value is -2.45. The number of aromatic nitrogens is 3. The summed E-state index contributed by atoms with van der Waals surface area (Å²) >= 11 is 3.42. The number of nitrogens with zero attached hydrogens (tertiary/aromatic N) is 4.